The molecule has 0 bridgehead atoms. The van der Waals surface area contributed by atoms with Crippen LogP contribution in [-0.4, -0.2) is 45.3 Å². The second kappa shape index (κ2) is 7.79. The van der Waals surface area contributed by atoms with Gasteiger partial charge in [-0.25, -0.2) is 5.01 Å². The van der Waals surface area contributed by atoms with Crippen molar-refractivity contribution in [2.75, 3.05) is 11.4 Å². The molecule has 0 saturated carbocycles. The molecule has 2 aliphatic heterocycles. The Kier molecular flexibility index (Phi) is 4.82. The predicted octanol–water partition coefficient (Wildman–Crippen LogP) is 3.04. The minimum Gasteiger partial charge on any atom is -0.332 e. The Morgan fingerprint density at radius 3 is 2.71 bits per heavy atom. The highest BCUT2D eigenvalue weighted by molar-refractivity contribution is 6.03. The van der Waals surface area contributed by atoms with E-state index in [0.29, 0.717) is 18.0 Å². The fraction of sp³-hybridized carbons (Fsp3) is 0.261. The summed E-state index contributed by atoms with van der Waals surface area (Å²) in [5.74, 6) is 0.371. The van der Waals surface area contributed by atoms with Crippen LogP contribution in [0, 0.1) is 0 Å². The highest BCUT2D eigenvalue weighted by Crippen LogP contribution is 2.32. The maximum Gasteiger partial charge on any atom is 0.274 e. The van der Waals surface area contributed by atoms with E-state index in [1.807, 2.05) is 61.5 Å². The smallest absolute Gasteiger partial charge is 0.274 e. The Bertz CT molecular complexity index is 1170. The Morgan fingerprint density at radius 2 is 1.87 bits per heavy atom. The van der Waals surface area contributed by atoms with Crippen molar-refractivity contribution in [2.45, 2.75) is 32.2 Å². The Balaban J connectivity index is 1.36. The van der Waals surface area contributed by atoms with Gasteiger partial charge >= 0.3 is 0 Å². The number of anilines is 1. The summed E-state index contributed by atoms with van der Waals surface area (Å²) < 4.78 is 5.39. The van der Waals surface area contributed by atoms with E-state index in [-0.39, 0.29) is 36.7 Å². The van der Waals surface area contributed by atoms with Gasteiger partial charge in [0.1, 0.15) is 12.3 Å². The van der Waals surface area contributed by atoms with E-state index in [2.05, 4.69) is 15.2 Å². The molecule has 31 heavy (non-hydrogen) atoms. The average Bonchev–Trinajstić information content (AvgIpc) is 3.40. The van der Waals surface area contributed by atoms with Gasteiger partial charge in [0.05, 0.1) is 0 Å². The molecule has 2 aromatic carbocycles. The van der Waals surface area contributed by atoms with Gasteiger partial charge in [-0.15, -0.1) is 0 Å². The molecular formula is C23H21N5O3. The van der Waals surface area contributed by atoms with Crippen molar-refractivity contribution in [1.29, 1.82) is 0 Å². The van der Waals surface area contributed by atoms with Gasteiger partial charge in [-0.3, -0.25) is 9.59 Å². The standard InChI is InChI=1S/C23H21N5O3/c1-15-13-17-9-5-6-10-19(17)28(15)21(30)14-27-20(29)12-11-18(25-27)23-24-22(26-31-23)16-7-3-2-4-8-16/h2-10,15H,11-14H2,1H3/t15-/m1/s1. The minimum atomic E-state index is -0.194. The van der Waals surface area contributed by atoms with Gasteiger partial charge in [-0.2, -0.15) is 10.1 Å². The molecule has 0 spiro atoms. The Morgan fingerprint density at radius 1 is 1.10 bits per heavy atom. The molecule has 1 atom stereocenters. The molecule has 8 heteroatoms. The quantitative estimate of drug-likeness (QED) is 0.653. The molecule has 1 aromatic heterocycles. The van der Waals surface area contributed by atoms with Crippen LogP contribution in [0.15, 0.2) is 64.2 Å². The molecule has 0 aliphatic carbocycles. The lowest BCUT2D eigenvalue weighted by Crippen LogP contribution is -2.44. The summed E-state index contributed by atoms with van der Waals surface area (Å²) in [5.41, 5.74) is 3.38. The third-order valence-corrected chi connectivity index (χ3v) is 5.57. The number of carbonyl (C=O) groups excluding carboxylic acids is 2. The van der Waals surface area contributed by atoms with Gasteiger partial charge in [0.25, 0.3) is 5.89 Å². The number of benzene rings is 2. The second-order valence-electron chi connectivity index (χ2n) is 7.73. The lowest BCUT2D eigenvalue weighted by atomic mass is 10.1. The van der Waals surface area contributed by atoms with Crippen LogP contribution in [0.1, 0.15) is 31.2 Å². The molecule has 8 nitrogen and oxygen atoms in total. The monoisotopic (exact) mass is 415 g/mol. The molecule has 0 N–H and O–H groups in total. The third kappa shape index (κ3) is 3.61. The van der Waals surface area contributed by atoms with Crippen LogP contribution in [0.5, 0.6) is 0 Å². The van der Waals surface area contributed by atoms with E-state index < -0.39 is 0 Å². The number of rotatable bonds is 4. The number of aromatic nitrogens is 2. The van der Waals surface area contributed by atoms with Gasteiger partial charge in [0.2, 0.25) is 17.6 Å². The number of fused-ring (bicyclic) bond motifs is 1. The summed E-state index contributed by atoms with van der Waals surface area (Å²) in [6.45, 7) is 1.88. The van der Waals surface area contributed by atoms with E-state index in [4.69, 9.17) is 4.52 Å². The summed E-state index contributed by atoms with van der Waals surface area (Å²) in [5, 5.41) is 9.63. The van der Waals surface area contributed by atoms with Crippen molar-refractivity contribution in [1.82, 2.24) is 15.1 Å². The SMILES string of the molecule is C[C@@H]1Cc2ccccc2N1C(=O)CN1N=C(c2nc(-c3ccccc3)no2)CCC1=O. The maximum atomic E-state index is 13.1. The fourth-order valence-corrected chi connectivity index (χ4v) is 4.07. The number of amides is 2. The van der Waals surface area contributed by atoms with Crippen molar-refractivity contribution in [3.8, 4) is 11.4 Å². The molecule has 2 amide bonds. The first-order chi connectivity index (χ1) is 15.1. The Labute approximate surface area is 179 Å². The number of nitrogens with zero attached hydrogens (tertiary/aromatic N) is 5. The molecule has 2 aliphatic rings. The van der Waals surface area contributed by atoms with Crippen LogP contribution in [0.25, 0.3) is 11.4 Å². The lowest BCUT2D eigenvalue weighted by molar-refractivity contribution is -0.135. The van der Waals surface area contributed by atoms with Crippen LogP contribution in [0.3, 0.4) is 0 Å². The van der Waals surface area contributed by atoms with Crippen molar-refractivity contribution in [3.63, 3.8) is 0 Å². The van der Waals surface area contributed by atoms with Crippen LogP contribution >= 0.6 is 0 Å². The Hall–Kier alpha value is -3.81. The van der Waals surface area contributed by atoms with Crippen LogP contribution < -0.4 is 4.90 Å². The first-order valence-electron chi connectivity index (χ1n) is 10.3. The van der Waals surface area contributed by atoms with Crippen molar-refractivity contribution in [2.24, 2.45) is 5.10 Å². The third-order valence-electron chi connectivity index (χ3n) is 5.57. The maximum absolute atomic E-state index is 13.1. The van der Waals surface area contributed by atoms with Crippen molar-refractivity contribution >= 4 is 23.2 Å². The van der Waals surface area contributed by atoms with Crippen molar-refractivity contribution < 1.29 is 14.1 Å². The van der Waals surface area contributed by atoms with Crippen LogP contribution in [0.4, 0.5) is 5.69 Å². The van der Waals surface area contributed by atoms with Gasteiger partial charge in [0, 0.05) is 30.1 Å². The van der Waals surface area contributed by atoms with Crippen LogP contribution in [-0.2, 0) is 16.0 Å². The molecule has 3 heterocycles. The van der Waals surface area contributed by atoms with E-state index in [0.717, 1.165) is 23.2 Å². The largest absolute Gasteiger partial charge is 0.332 e. The second-order valence-corrected chi connectivity index (χ2v) is 7.73. The first-order valence-corrected chi connectivity index (χ1v) is 10.3. The van der Waals surface area contributed by atoms with Gasteiger partial charge in [-0.05, 0) is 25.0 Å². The van der Waals surface area contributed by atoms with Crippen LogP contribution in [0.2, 0.25) is 0 Å². The molecule has 0 saturated heterocycles. The summed E-state index contributed by atoms with van der Waals surface area (Å²) in [7, 11) is 0. The van der Waals surface area contributed by atoms with Gasteiger partial charge in [0.15, 0.2) is 0 Å². The molecule has 0 fully saturated rings. The minimum absolute atomic E-state index is 0.0395. The average molecular weight is 415 g/mol. The number of hydrogen-bond donors (Lipinski definition) is 0. The molecule has 0 unspecified atom stereocenters. The molecular weight excluding hydrogens is 394 g/mol. The molecule has 156 valence electrons. The summed E-state index contributed by atoms with van der Waals surface area (Å²) in [6, 6.07) is 17.4. The molecule has 5 rings (SSSR count). The van der Waals surface area contributed by atoms with E-state index in [1.165, 1.54) is 5.01 Å². The highest BCUT2D eigenvalue weighted by Gasteiger charge is 2.33. The zero-order chi connectivity index (χ0) is 21.4. The number of hydrazone groups is 1. The highest BCUT2D eigenvalue weighted by atomic mass is 16.5. The molecule has 3 aromatic rings. The first kappa shape index (κ1) is 19.2. The topological polar surface area (TPSA) is 91.9 Å². The summed E-state index contributed by atoms with van der Waals surface area (Å²) in [4.78, 5) is 31.7. The fourth-order valence-electron chi connectivity index (χ4n) is 4.07. The molecule has 0 radical (unpaired) electrons. The number of hydrogen-bond acceptors (Lipinski definition) is 6. The van der Waals surface area contributed by atoms with Gasteiger partial charge < -0.3 is 9.42 Å². The van der Waals surface area contributed by atoms with Gasteiger partial charge in [-0.1, -0.05) is 53.7 Å². The number of para-hydroxylation sites is 1. The summed E-state index contributed by atoms with van der Waals surface area (Å²) >= 11 is 0. The van der Waals surface area contributed by atoms with E-state index in [1.54, 1.807) is 4.90 Å². The predicted molar refractivity (Wildman–Crippen MR) is 114 cm³/mol. The zero-order valence-corrected chi connectivity index (χ0v) is 17.1. The summed E-state index contributed by atoms with van der Waals surface area (Å²) in [6.07, 6.45) is 1.43. The van der Waals surface area contributed by atoms with Crippen molar-refractivity contribution in [3.05, 3.63) is 66.1 Å². The number of carbonyl (C=O) groups is 2. The van der Waals surface area contributed by atoms with E-state index >= 15 is 0 Å². The lowest BCUT2D eigenvalue weighted by Gasteiger charge is -2.27. The van der Waals surface area contributed by atoms with E-state index in [9.17, 15) is 9.59 Å². The zero-order valence-electron chi connectivity index (χ0n) is 17.1. The normalized spacial score (nSPS) is 18.2.